The van der Waals surface area contributed by atoms with Crippen molar-refractivity contribution in [1.29, 1.82) is 0 Å². The predicted octanol–water partition coefficient (Wildman–Crippen LogP) is 3.18. The quantitative estimate of drug-likeness (QED) is 0.765. The molecule has 0 aliphatic heterocycles. The van der Waals surface area contributed by atoms with Crippen LogP contribution in [0.5, 0.6) is 0 Å². The number of hydrogen-bond acceptors (Lipinski definition) is 2. The Labute approximate surface area is 127 Å². The van der Waals surface area contributed by atoms with E-state index in [0.29, 0.717) is 0 Å². The van der Waals surface area contributed by atoms with Crippen LogP contribution in [0.3, 0.4) is 0 Å². The molecule has 1 atom stereocenters. The molecule has 2 fully saturated rings. The second-order valence-electron chi connectivity index (χ2n) is 6.34. The van der Waals surface area contributed by atoms with E-state index in [1.54, 1.807) is 0 Å². The number of carbonyl (C=O) groups excluding carboxylic acids is 1. The SMILES string of the molecule is O=C(C(S)Cc1ccccc1)N(CC1CC1)CC1CC1. The molecule has 2 saturated carbocycles. The minimum Gasteiger partial charge on any atom is -0.341 e. The fourth-order valence-electron chi connectivity index (χ4n) is 2.61. The van der Waals surface area contributed by atoms with Gasteiger partial charge in [-0.3, -0.25) is 4.79 Å². The van der Waals surface area contributed by atoms with Gasteiger partial charge in [-0.1, -0.05) is 30.3 Å². The normalized spacial score (nSPS) is 19.6. The molecule has 0 radical (unpaired) electrons. The maximum Gasteiger partial charge on any atom is 0.235 e. The number of carbonyl (C=O) groups is 1. The molecule has 0 spiro atoms. The molecular weight excluding hydrogens is 266 g/mol. The van der Waals surface area contributed by atoms with Gasteiger partial charge in [0.1, 0.15) is 0 Å². The fourth-order valence-corrected chi connectivity index (χ4v) is 2.99. The number of thiol groups is 1. The van der Waals surface area contributed by atoms with Gasteiger partial charge in [0.15, 0.2) is 0 Å². The summed E-state index contributed by atoms with van der Waals surface area (Å²) in [4.78, 5) is 14.7. The first-order valence-electron chi connectivity index (χ1n) is 7.73. The van der Waals surface area contributed by atoms with Crippen LogP contribution in [-0.2, 0) is 11.2 Å². The molecule has 0 bridgehead atoms. The smallest absolute Gasteiger partial charge is 0.235 e. The van der Waals surface area contributed by atoms with Crippen LogP contribution in [0.1, 0.15) is 31.2 Å². The standard InChI is InChI=1S/C17H23NOS/c19-17(16(20)10-13-4-2-1-3-5-13)18(11-14-6-7-14)12-15-8-9-15/h1-5,14-16,20H,6-12H2. The molecule has 1 amide bonds. The van der Waals surface area contributed by atoms with Gasteiger partial charge in [-0.25, -0.2) is 0 Å². The highest BCUT2D eigenvalue weighted by Crippen LogP contribution is 2.34. The lowest BCUT2D eigenvalue weighted by atomic mass is 10.1. The van der Waals surface area contributed by atoms with E-state index < -0.39 is 0 Å². The third-order valence-corrected chi connectivity index (χ3v) is 4.62. The Hall–Kier alpha value is -0.960. The summed E-state index contributed by atoms with van der Waals surface area (Å²) < 4.78 is 0. The number of rotatable bonds is 7. The lowest BCUT2D eigenvalue weighted by Gasteiger charge is -2.25. The maximum atomic E-state index is 12.6. The molecule has 0 saturated heterocycles. The van der Waals surface area contributed by atoms with Crippen LogP contribution in [0.25, 0.3) is 0 Å². The summed E-state index contributed by atoms with van der Waals surface area (Å²) >= 11 is 4.57. The van der Waals surface area contributed by atoms with Crippen LogP contribution in [0, 0.1) is 11.8 Å². The Kier molecular flexibility index (Phi) is 4.35. The van der Waals surface area contributed by atoms with E-state index in [-0.39, 0.29) is 11.2 Å². The molecule has 20 heavy (non-hydrogen) atoms. The molecule has 2 aliphatic rings. The molecule has 0 N–H and O–H groups in total. The summed E-state index contributed by atoms with van der Waals surface area (Å²) in [7, 11) is 0. The van der Waals surface area contributed by atoms with Crippen LogP contribution in [0.2, 0.25) is 0 Å². The van der Waals surface area contributed by atoms with Gasteiger partial charge < -0.3 is 4.90 Å². The first-order chi connectivity index (χ1) is 9.72. The monoisotopic (exact) mass is 289 g/mol. The Balaban J connectivity index is 1.58. The summed E-state index contributed by atoms with van der Waals surface area (Å²) in [6.07, 6.45) is 5.91. The van der Waals surface area contributed by atoms with E-state index in [2.05, 4.69) is 29.7 Å². The van der Waals surface area contributed by atoms with Crippen LogP contribution in [-0.4, -0.2) is 29.1 Å². The number of nitrogens with zero attached hydrogens (tertiary/aromatic N) is 1. The van der Waals surface area contributed by atoms with Crippen molar-refractivity contribution in [1.82, 2.24) is 4.90 Å². The van der Waals surface area contributed by atoms with E-state index >= 15 is 0 Å². The molecule has 3 heteroatoms. The Morgan fingerprint density at radius 2 is 1.65 bits per heavy atom. The van der Waals surface area contributed by atoms with Gasteiger partial charge in [-0.2, -0.15) is 12.6 Å². The first kappa shape index (κ1) is 14.0. The van der Waals surface area contributed by atoms with Gasteiger partial charge in [0.2, 0.25) is 5.91 Å². The van der Waals surface area contributed by atoms with Crippen molar-refractivity contribution in [2.24, 2.45) is 11.8 Å². The van der Waals surface area contributed by atoms with Crippen LogP contribution >= 0.6 is 12.6 Å². The zero-order chi connectivity index (χ0) is 13.9. The molecule has 1 aromatic rings. The first-order valence-corrected chi connectivity index (χ1v) is 8.25. The highest BCUT2D eigenvalue weighted by atomic mass is 32.1. The Morgan fingerprint density at radius 3 is 2.15 bits per heavy atom. The van der Waals surface area contributed by atoms with Crippen molar-refractivity contribution in [3.63, 3.8) is 0 Å². The second kappa shape index (κ2) is 6.21. The molecule has 108 valence electrons. The van der Waals surface area contributed by atoms with E-state index in [0.717, 1.165) is 31.3 Å². The Bertz CT molecular complexity index is 439. The molecule has 0 aromatic heterocycles. The third kappa shape index (κ3) is 4.02. The van der Waals surface area contributed by atoms with E-state index in [4.69, 9.17) is 0 Å². The largest absolute Gasteiger partial charge is 0.341 e. The number of hydrogen-bond donors (Lipinski definition) is 1. The maximum absolute atomic E-state index is 12.6. The molecule has 1 aromatic carbocycles. The summed E-state index contributed by atoms with van der Waals surface area (Å²) in [5.74, 6) is 1.75. The van der Waals surface area contributed by atoms with Gasteiger partial charge in [0.25, 0.3) is 0 Å². The third-order valence-electron chi connectivity index (χ3n) is 4.22. The van der Waals surface area contributed by atoms with Crippen molar-refractivity contribution in [2.75, 3.05) is 13.1 Å². The molecule has 3 rings (SSSR count). The molecule has 0 heterocycles. The van der Waals surface area contributed by atoms with Crippen molar-refractivity contribution in [3.8, 4) is 0 Å². The minimum absolute atomic E-state index is 0.199. The summed E-state index contributed by atoms with van der Waals surface area (Å²) in [5, 5.41) is -0.199. The van der Waals surface area contributed by atoms with Crippen molar-refractivity contribution >= 4 is 18.5 Å². The predicted molar refractivity (Wildman–Crippen MR) is 84.9 cm³/mol. The fraction of sp³-hybridized carbons (Fsp3) is 0.588. The van der Waals surface area contributed by atoms with E-state index in [1.807, 2.05) is 18.2 Å². The van der Waals surface area contributed by atoms with Gasteiger partial charge in [-0.15, -0.1) is 0 Å². The van der Waals surface area contributed by atoms with Crippen molar-refractivity contribution in [3.05, 3.63) is 35.9 Å². The molecular formula is C17H23NOS. The average Bonchev–Trinajstić information content (AvgIpc) is 3.33. The highest BCUT2D eigenvalue weighted by molar-refractivity contribution is 7.81. The molecule has 2 aliphatic carbocycles. The number of amides is 1. The van der Waals surface area contributed by atoms with Gasteiger partial charge in [0.05, 0.1) is 5.25 Å². The van der Waals surface area contributed by atoms with Crippen LogP contribution in [0.15, 0.2) is 30.3 Å². The van der Waals surface area contributed by atoms with Crippen molar-refractivity contribution in [2.45, 2.75) is 37.4 Å². The van der Waals surface area contributed by atoms with Gasteiger partial charge in [-0.05, 0) is 49.5 Å². The molecule has 2 nitrogen and oxygen atoms in total. The van der Waals surface area contributed by atoms with Gasteiger partial charge in [0, 0.05) is 13.1 Å². The lowest BCUT2D eigenvalue weighted by Crippen LogP contribution is -2.40. The Morgan fingerprint density at radius 1 is 1.10 bits per heavy atom. The zero-order valence-corrected chi connectivity index (χ0v) is 12.8. The highest BCUT2D eigenvalue weighted by Gasteiger charge is 2.33. The zero-order valence-electron chi connectivity index (χ0n) is 11.9. The summed E-state index contributed by atoms with van der Waals surface area (Å²) in [5.41, 5.74) is 1.19. The average molecular weight is 289 g/mol. The second-order valence-corrected chi connectivity index (χ2v) is 6.96. The van der Waals surface area contributed by atoms with Crippen LogP contribution in [0.4, 0.5) is 0 Å². The molecule has 1 unspecified atom stereocenters. The van der Waals surface area contributed by atoms with E-state index in [1.165, 1.54) is 31.2 Å². The number of benzene rings is 1. The topological polar surface area (TPSA) is 20.3 Å². The minimum atomic E-state index is -0.199. The summed E-state index contributed by atoms with van der Waals surface area (Å²) in [6.45, 7) is 1.92. The van der Waals surface area contributed by atoms with E-state index in [9.17, 15) is 4.79 Å². The van der Waals surface area contributed by atoms with Crippen molar-refractivity contribution < 1.29 is 4.79 Å². The van der Waals surface area contributed by atoms with Gasteiger partial charge >= 0.3 is 0 Å². The lowest BCUT2D eigenvalue weighted by molar-refractivity contribution is -0.131. The summed E-state index contributed by atoms with van der Waals surface area (Å²) in [6, 6.07) is 10.2. The van der Waals surface area contributed by atoms with Crippen LogP contribution < -0.4 is 0 Å².